The molecule has 0 aromatic heterocycles. The van der Waals surface area contributed by atoms with E-state index in [0.717, 1.165) is 42.9 Å². The van der Waals surface area contributed by atoms with E-state index < -0.39 is 6.04 Å². The van der Waals surface area contributed by atoms with Crippen molar-refractivity contribution in [2.24, 2.45) is 5.41 Å². The second-order valence-corrected chi connectivity index (χ2v) is 9.92. The first-order chi connectivity index (χ1) is 14.7. The number of allylic oxidation sites excluding steroid dienone is 1. The summed E-state index contributed by atoms with van der Waals surface area (Å²) in [5.74, 6) is 0.607. The maximum atomic E-state index is 13.0. The van der Waals surface area contributed by atoms with Gasteiger partial charge in [-0.3, -0.25) is 14.5 Å². The van der Waals surface area contributed by atoms with Crippen LogP contribution in [0.1, 0.15) is 69.3 Å². The number of amides is 2. The first kappa shape index (κ1) is 21.9. The van der Waals surface area contributed by atoms with Crippen LogP contribution in [0.3, 0.4) is 0 Å². The second-order valence-electron chi connectivity index (χ2n) is 9.92. The average molecular weight is 426 g/mol. The molecule has 2 heterocycles. The number of hydrogen-bond acceptors (Lipinski definition) is 4. The first-order valence-electron chi connectivity index (χ1n) is 11.6. The van der Waals surface area contributed by atoms with E-state index in [0.29, 0.717) is 31.0 Å². The van der Waals surface area contributed by atoms with E-state index in [4.69, 9.17) is 4.74 Å². The van der Waals surface area contributed by atoms with Gasteiger partial charge < -0.3 is 15.0 Å². The van der Waals surface area contributed by atoms with Gasteiger partial charge in [-0.1, -0.05) is 34.3 Å². The van der Waals surface area contributed by atoms with E-state index >= 15 is 0 Å². The topological polar surface area (TPSA) is 61.9 Å². The van der Waals surface area contributed by atoms with Crippen molar-refractivity contribution in [3.63, 3.8) is 0 Å². The molecule has 1 aliphatic carbocycles. The summed E-state index contributed by atoms with van der Waals surface area (Å²) in [4.78, 5) is 29.5. The van der Waals surface area contributed by atoms with Gasteiger partial charge in [-0.25, -0.2) is 0 Å². The van der Waals surface area contributed by atoms with Crippen molar-refractivity contribution in [3.8, 4) is 5.75 Å². The number of piperidine rings is 1. The molecule has 3 atom stereocenters. The minimum atomic E-state index is -0.433. The summed E-state index contributed by atoms with van der Waals surface area (Å²) in [6.07, 6.45) is 3.60. The third-order valence-electron chi connectivity index (χ3n) is 7.12. The number of ether oxygens (including phenoxy) is 1. The summed E-state index contributed by atoms with van der Waals surface area (Å²) in [5, 5.41) is 2.79. The Morgan fingerprint density at radius 2 is 1.97 bits per heavy atom. The molecule has 1 saturated heterocycles. The lowest BCUT2D eigenvalue weighted by molar-refractivity contribution is -0.126. The molecule has 1 aromatic rings. The van der Waals surface area contributed by atoms with E-state index in [9.17, 15) is 9.59 Å². The Balaban J connectivity index is 1.51. The van der Waals surface area contributed by atoms with Crippen LogP contribution < -0.4 is 10.1 Å². The van der Waals surface area contributed by atoms with Gasteiger partial charge in [0.15, 0.2) is 0 Å². The lowest BCUT2D eigenvalue weighted by atomic mass is 9.91. The fourth-order valence-electron chi connectivity index (χ4n) is 5.52. The molecule has 6 heteroatoms. The summed E-state index contributed by atoms with van der Waals surface area (Å²) < 4.78 is 6.52. The predicted octanol–water partition coefficient (Wildman–Crippen LogP) is 3.71. The lowest BCUT2D eigenvalue weighted by Gasteiger charge is -2.31. The molecular weight excluding hydrogens is 390 g/mol. The minimum absolute atomic E-state index is 0.0720. The van der Waals surface area contributed by atoms with Gasteiger partial charge in [-0.05, 0) is 68.0 Å². The number of rotatable bonds is 6. The first-order valence-corrected chi connectivity index (χ1v) is 11.6. The third kappa shape index (κ3) is 4.22. The molecule has 1 N–H and O–H groups in total. The molecular formula is C25H35N3O3. The number of nitrogens with zero attached hydrogens (tertiary/aromatic N) is 2. The van der Waals surface area contributed by atoms with Gasteiger partial charge in [0.05, 0.1) is 0 Å². The molecule has 2 amide bonds. The molecule has 6 nitrogen and oxygen atoms in total. The van der Waals surface area contributed by atoms with Crippen molar-refractivity contribution in [3.05, 3.63) is 41.6 Å². The van der Waals surface area contributed by atoms with Crippen LogP contribution >= 0.6 is 0 Å². The molecule has 1 saturated carbocycles. The number of carbonyl (C=O) groups is 2. The average Bonchev–Trinajstić information content (AvgIpc) is 3.19. The Bertz CT molecular complexity index is 890. The zero-order valence-electron chi connectivity index (χ0n) is 19.2. The Hall–Kier alpha value is -2.34. The Morgan fingerprint density at radius 1 is 1.23 bits per heavy atom. The van der Waals surface area contributed by atoms with Crippen molar-refractivity contribution in [1.29, 1.82) is 0 Å². The maximum absolute atomic E-state index is 13.0. The molecule has 168 valence electrons. The van der Waals surface area contributed by atoms with E-state index in [-0.39, 0.29) is 23.3 Å². The van der Waals surface area contributed by atoms with Crippen LogP contribution in [-0.2, 0) is 11.3 Å². The SMILES string of the molecule is C=C1CCC(N2Cc3cc(O[C@H]4CC(C)(C)C[C@@H]4N(CC)CC)ccc3C2=O)C(=O)N1. The van der Waals surface area contributed by atoms with Crippen LogP contribution in [0.15, 0.2) is 30.5 Å². The summed E-state index contributed by atoms with van der Waals surface area (Å²) >= 11 is 0. The largest absolute Gasteiger partial charge is 0.489 e. The van der Waals surface area contributed by atoms with Crippen LogP contribution in [0.5, 0.6) is 5.75 Å². The molecule has 1 unspecified atom stereocenters. The summed E-state index contributed by atoms with van der Waals surface area (Å²) in [5.41, 5.74) is 2.59. The third-order valence-corrected chi connectivity index (χ3v) is 7.12. The van der Waals surface area contributed by atoms with Crippen molar-refractivity contribution in [2.45, 2.75) is 78.1 Å². The fraction of sp³-hybridized carbons (Fsp3) is 0.600. The van der Waals surface area contributed by atoms with E-state index in [2.05, 4.69) is 44.5 Å². The van der Waals surface area contributed by atoms with Gasteiger partial charge in [-0.2, -0.15) is 0 Å². The van der Waals surface area contributed by atoms with E-state index in [1.807, 2.05) is 18.2 Å². The van der Waals surface area contributed by atoms with Crippen LogP contribution in [-0.4, -0.2) is 52.9 Å². The van der Waals surface area contributed by atoms with Crippen molar-refractivity contribution >= 4 is 11.8 Å². The Labute approximate surface area is 185 Å². The molecule has 2 aliphatic heterocycles. The van der Waals surface area contributed by atoms with E-state index in [1.165, 1.54) is 0 Å². The summed E-state index contributed by atoms with van der Waals surface area (Å²) in [6.45, 7) is 15.4. The monoisotopic (exact) mass is 425 g/mol. The predicted molar refractivity (Wildman–Crippen MR) is 121 cm³/mol. The Morgan fingerprint density at radius 3 is 2.65 bits per heavy atom. The zero-order valence-corrected chi connectivity index (χ0v) is 19.2. The fourth-order valence-corrected chi connectivity index (χ4v) is 5.52. The molecule has 0 spiro atoms. The van der Waals surface area contributed by atoms with Crippen molar-refractivity contribution < 1.29 is 14.3 Å². The minimum Gasteiger partial charge on any atom is -0.489 e. The molecule has 4 rings (SSSR count). The lowest BCUT2D eigenvalue weighted by Crippen LogP contribution is -2.49. The van der Waals surface area contributed by atoms with Gasteiger partial charge >= 0.3 is 0 Å². The van der Waals surface area contributed by atoms with Gasteiger partial charge in [0.2, 0.25) is 5.91 Å². The number of carbonyl (C=O) groups excluding carboxylic acids is 2. The van der Waals surface area contributed by atoms with E-state index in [1.54, 1.807) is 4.90 Å². The van der Waals surface area contributed by atoms with Crippen LogP contribution in [0.25, 0.3) is 0 Å². The highest BCUT2D eigenvalue weighted by molar-refractivity contribution is 6.01. The van der Waals surface area contributed by atoms with Crippen LogP contribution in [0, 0.1) is 5.41 Å². The van der Waals surface area contributed by atoms with Crippen molar-refractivity contribution in [2.75, 3.05) is 13.1 Å². The van der Waals surface area contributed by atoms with Gasteiger partial charge in [-0.15, -0.1) is 0 Å². The Kier molecular flexibility index (Phi) is 5.86. The number of fused-ring (bicyclic) bond motifs is 1. The molecule has 1 aromatic carbocycles. The molecule has 31 heavy (non-hydrogen) atoms. The smallest absolute Gasteiger partial charge is 0.255 e. The van der Waals surface area contributed by atoms with Gasteiger partial charge in [0, 0.05) is 23.8 Å². The number of benzene rings is 1. The normalized spacial score (nSPS) is 27.6. The van der Waals surface area contributed by atoms with Crippen LogP contribution in [0.4, 0.5) is 0 Å². The number of hydrogen-bond donors (Lipinski definition) is 1. The quantitative estimate of drug-likeness (QED) is 0.755. The summed E-state index contributed by atoms with van der Waals surface area (Å²) in [6, 6.07) is 5.73. The van der Waals surface area contributed by atoms with Gasteiger partial charge in [0.25, 0.3) is 5.91 Å². The highest BCUT2D eigenvalue weighted by Gasteiger charge is 2.43. The van der Waals surface area contributed by atoms with Crippen LogP contribution in [0.2, 0.25) is 0 Å². The summed E-state index contributed by atoms with van der Waals surface area (Å²) in [7, 11) is 0. The zero-order chi connectivity index (χ0) is 22.3. The highest BCUT2D eigenvalue weighted by atomic mass is 16.5. The molecule has 3 aliphatic rings. The van der Waals surface area contributed by atoms with Gasteiger partial charge in [0.1, 0.15) is 17.9 Å². The maximum Gasteiger partial charge on any atom is 0.255 e. The standard InChI is InChI=1S/C25H35N3O3/c1-6-27(7-2)21-13-25(4,5)14-22(21)31-18-9-10-19-17(12-18)15-28(24(19)30)20-11-8-16(3)26-23(20)29/h9-10,12,20-22H,3,6-8,11,13-15H2,1-2,4-5H3,(H,26,29)/t20?,21-,22-/m0/s1. The molecule has 2 fully saturated rings. The second kappa shape index (κ2) is 8.30. The van der Waals surface area contributed by atoms with Crippen molar-refractivity contribution in [1.82, 2.24) is 15.1 Å². The number of likely N-dealkylation sites (N-methyl/N-ethyl adjacent to an activating group) is 1. The highest BCUT2D eigenvalue weighted by Crippen LogP contribution is 2.42. The molecule has 0 bridgehead atoms. The number of nitrogens with one attached hydrogen (secondary N) is 1. The molecule has 0 radical (unpaired) electrons.